The highest BCUT2D eigenvalue weighted by molar-refractivity contribution is 7.18. The number of nitro benzene ring substituents is 1. The van der Waals surface area contributed by atoms with Crippen LogP contribution in [-0.2, 0) is 12.8 Å². The zero-order chi connectivity index (χ0) is 23.1. The summed E-state index contributed by atoms with van der Waals surface area (Å²) in [5, 5.41) is 21.4. The van der Waals surface area contributed by atoms with E-state index in [0.29, 0.717) is 27.3 Å². The number of aryl methyl sites for hydroxylation is 2. The van der Waals surface area contributed by atoms with Crippen LogP contribution in [0.15, 0.2) is 39.5 Å². The zero-order valence-electron chi connectivity index (χ0n) is 17.1. The topological polar surface area (TPSA) is 126 Å². The summed E-state index contributed by atoms with van der Waals surface area (Å²) >= 11 is 7.70. The van der Waals surface area contributed by atoms with Crippen molar-refractivity contribution in [2.24, 2.45) is 0 Å². The van der Waals surface area contributed by atoms with Crippen molar-refractivity contribution >= 4 is 50.5 Å². The Morgan fingerprint density at radius 3 is 2.88 bits per heavy atom. The standard InChI is InChI=1S/C23H15ClN4O4S/c24-17-10-13(28(30)31)5-7-15(17)18-8-6-14(32-18)9-12(11-25)21-26-22(29)20-16-3-1-2-4-19(16)33-23(20)27-21/h5-10H,1-4H2,(H,26,27,29). The van der Waals surface area contributed by atoms with Gasteiger partial charge >= 0.3 is 0 Å². The minimum atomic E-state index is -0.528. The zero-order valence-corrected chi connectivity index (χ0v) is 18.6. The van der Waals surface area contributed by atoms with Crippen molar-refractivity contribution in [1.29, 1.82) is 5.26 Å². The third kappa shape index (κ3) is 3.84. The highest BCUT2D eigenvalue weighted by Gasteiger charge is 2.21. The predicted molar refractivity (Wildman–Crippen MR) is 126 cm³/mol. The quantitative estimate of drug-likeness (QED) is 0.226. The molecule has 0 aliphatic heterocycles. The van der Waals surface area contributed by atoms with Gasteiger partial charge in [0.1, 0.15) is 22.4 Å². The molecule has 0 spiro atoms. The molecule has 8 nitrogen and oxygen atoms in total. The Kier molecular flexibility index (Phi) is 5.32. The number of fused-ring (bicyclic) bond motifs is 3. The second-order valence-electron chi connectivity index (χ2n) is 7.60. The van der Waals surface area contributed by atoms with E-state index in [4.69, 9.17) is 16.0 Å². The van der Waals surface area contributed by atoms with E-state index < -0.39 is 4.92 Å². The molecule has 1 N–H and O–H groups in total. The molecular formula is C23H15ClN4O4S. The van der Waals surface area contributed by atoms with Gasteiger partial charge in [-0.05, 0) is 49.4 Å². The maximum Gasteiger partial charge on any atom is 0.270 e. The molecule has 10 heteroatoms. The largest absolute Gasteiger partial charge is 0.457 e. The summed E-state index contributed by atoms with van der Waals surface area (Å²) in [6, 6.07) is 9.46. The van der Waals surface area contributed by atoms with Gasteiger partial charge in [-0.1, -0.05) is 11.6 Å². The van der Waals surface area contributed by atoms with Crippen LogP contribution in [-0.4, -0.2) is 14.9 Å². The van der Waals surface area contributed by atoms with E-state index in [0.717, 1.165) is 31.2 Å². The predicted octanol–water partition coefficient (Wildman–Crippen LogP) is 5.75. The number of aromatic nitrogens is 2. The number of furan rings is 1. The molecule has 0 radical (unpaired) electrons. The highest BCUT2D eigenvalue weighted by Crippen LogP contribution is 2.35. The Morgan fingerprint density at radius 2 is 2.12 bits per heavy atom. The van der Waals surface area contributed by atoms with Gasteiger partial charge in [0.2, 0.25) is 0 Å². The van der Waals surface area contributed by atoms with Gasteiger partial charge in [0.15, 0.2) is 5.82 Å². The molecule has 0 unspecified atom stereocenters. The Balaban J connectivity index is 1.51. The second-order valence-corrected chi connectivity index (χ2v) is 9.09. The minimum absolute atomic E-state index is 0.122. The number of halogens is 1. The molecule has 0 bridgehead atoms. The number of allylic oxidation sites excluding steroid dienone is 1. The van der Waals surface area contributed by atoms with Crippen molar-refractivity contribution in [3.63, 3.8) is 0 Å². The molecule has 3 heterocycles. The molecule has 0 fully saturated rings. The van der Waals surface area contributed by atoms with Crippen LogP contribution in [0, 0.1) is 21.4 Å². The van der Waals surface area contributed by atoms with Crippen LogP contribution in [0.4, 0.5) is 5.69 Å². The van der Waals surface area contributed by atoms with Crippen LogP contribution in [0.2, 0.25) is 5.02 Å². The summed E-state index contributed by atoms with van der Waals surface area (Å²) < 4.78 is 5.79. The normalized spacial score (nSPS) is 13.6. The van der Waals surface area contributed by atoms with Gasteiger partial charge in [-0.2, -0.15) is 5.26 Å². The van der Waals surface area contributed by atoms with Gasteiger partial charge in [-0.15, -0.1) is 11.3 Å². The fourth-order valence-electron chi connectivity index (χ4n) is 3.98. The second kappa shape index (κ2) is 8.31. The molecule has 0 amide bonds. The first-order valence-electron chi connectivity index (χ1n) is 10.2. The van der Waals surface area contributed by atoms with Crippen LogP contribution in [0.25, 0.3) is 33.2 Å². The van der Waals surface area contributed by atoms with E-state index in [1.807, 2.05) is 0 Å². The molecule has 164 valence electrons. The van der Waals surface area contributed by atoms with Gasteiger partial charge in [0, 0.05) is 28.6 Å². The number of hydrogen-bond donors (Lipinski definition) is 1. The van der Waals surface area contributed by atoms with Crippen LogP contribution < -0.4 is 5.56 Å². The number of non-ortho nitro benzene ring substituents is 1. The van der Waals surface area contributed by atoms with Crippen molar-refractivity contribution < 1.29 is 9.34 Å². The molecule has 0 atom stereocenters. The average molecular weight is 479 g/mol. The van der Waals surface area contributed by atoms with Gasteiger partial charge in [-0.3, -0.25) is 14.9 Å². The first-order chi connectivity index (χ1) is 15.9. The summed E-state index contributed by atoms with van der Waals surface area (Å²) in [6.45, 7) is 0. The van der Waals surface area contributed by atoms with E-state index in [9.17, 15) is 20.2 Å². The van der Waals surface area contributed by atoms with E-state index in [-0.39, 0.29) is 27.7 Å². The van der Waals surface area contributed by atoms with E-state index >= 15 is 0 Å². The molecule has 33 heavy (non-hydrogen) atoms. The fraction of sp³-hybridized carbons (Fsp3) is 0.174. The maximum atomic E-state index is 12.8. The fourth-order valence-corrected chi connectivity index (χ4v) is 5.51. The number of benzene rings is 1. The van der Waals surface area contributed by atoms with Crippen molar-refractivity contribution in [2.45, 2.75) is 25.7 Å². The highest BCUT2D eigenvalue weighted by atomic mass is 35.5. The molecule has 1 aliphatic carbocycles. The summed E-state index contributed by atoms with van der Waals surface area (Å²) in [5.41, 5.74) is 1.35. The molecule has 0 saturated heterocycles. The van der Waals surface area contributed by atoms with Crippen LogP contribution in [0.5, 0.6) is 0 Å². The first-order valence-corrected chi connectivity index (χ1v) is 11.3. The number of rotatable bonds is 4. The monoisotopic (exact) mass is 478 g/mol. The van der Waals surface area contributed by atoms with Gasteiger partial charge in [-0.25, -0.2) is 4.98 Å². The molecule has 0 saturated carbocycles. The van der Waals surface area contributed by atoms with Crippen LogP contribution in [0.3, 0.4) is 0 Å². The number of nitriles is 1. The minimum Gasteiger partial charge on any atom is -0.457 e. The summed E-state index contributed by atoms with van der Waals surface area (Å²) in [4.78, 5) is 32.3. The Bertz CT molecular complexity index is 1560. The summed E-state index contributed by atoms with van der Waals surface area (Å²) in [7, 11) is 0. The molecule has 4 aromatic rings. The third-order valence-electron chi connectivity index (χ3n) is 5.54. The molecule has 3 aromatic heterocycles. The van der Waals surface area contributed by atoms with Gasteiger partial charge < -0.3 is 9.40 Å². The lowest BCUT2D eigenvalue weighted by Crippen LogP contribution is -2.12. The van der Waals surface area contributed by atoms with Crippen molar-refractivity contribution in [2.75, 3.05) is 0 Å². The van der Waals surface area contributed by atoms with Gasteiger partial charge in [0.25, 0.3) is 11.2 Å². The van der Waals surface area contributed by atoms with E-state index in [1.165, 1.54) is 40.5 Å². The number of H-pyrrole nitrogens is 1. The van der Waals surface area contributed by atoms with Crippen molar-refractivity contribution in [3.8, 4) is 17.4 Å². The lowest BCUT2D eigenvalue weighted by Gasteiger charge is -2.09. The smallest absolute Gasteiger partial charge is 0.270 e. The lowest BCUT2D eigenvalue weighted by molar-refractivity contribution is -0.384. The van der Waals surface area contributed by atoms with Crippen LogP contribution >= 0.6 is 22.9 Å². The van der Waals surface area contributed by atoms with Crippen molar-refractivity contribution in [3.05, 3.63) is 77.8 Å². The Morgan fingerprint density at radius 1 is 1.30 bits per heavy atom. The van der Waals surface area contributed by atoms with E-state index in [2.05, 4.69) is 16.0 Å². The first kappa shape index (κ1) is 21.1. The molecular weight excluding hydrogens is 464 g/mol. The molecule has 5 rings (SSSR count). The SMILES string of the molecule is N#CC(=Cc1ccc(-c2ccc([N+](=O)[O-])cc2Cl)o1)c1nc2sc3c(c2c(=O)[nH]1)CCCC3. The number of nitrogens with zero attached hydrogens (tertiary/aromatic N) is 3. The molecule has 1 aromatic carbocycles. The Labute approximate surface area is 195 Å². The number of aromatic amines is 1. The maximum absolute atomic E-state index is 12.8. The summed E-state index contributed by atoms with van der Waals surface area (Å²) in [5.74, 6) is 0.922. The third-order valence-corrected chi connectivity index (χ3v) is 7.04. The van der Waals surface area contributed by atoms with Crippen LogP contribution in [0.1, 0.15) is 34.9 Å². The number of thiophene rings is 1. The molecule has 1 aliphatic rings. The van der Waals surface area contributed by atoms with Gasteiger partial charge in [0.05, 0.1) is 20.9 Å². The average Bonchev–Trinajstić information content (AvgIpc) is 3.41. The van der Waals surface area contributed by atoms with Crippen molar-refractivity contribution in [1.82, 2.24) is 9.97 Å². The lowest BCUT2D eigenvalue weighted by atomic mass is 9.97. The number of nitrogens with one attached hydrogen (secondary N) is 1. The number of hydrogen-bond acceptors (Lipinski definition) is 7. The summed E-state index contributed by atoms with van der Waals surface area (Å²) in [6.07, 6.45) is 5.48. The Hall–Kier alpha value is -3.74. The number of nitro groups is 1. The van der Waals surface area contributed by atoms with E-state index in [1.54, 1.807) is 12.1 Å².